The molecule has 1 rings (SSSR count). The first-order valence-corrected chi connectivity index (χ1v) is 5.40. The molecule has 0 unspecified atom stereocenters. The zero-order valence-corrected chi connectivity index (χ0v) is 9.88. The number of aliphatic hydroxyl groups excluding tert-OH is 1. The fourth-order valence-electron chi connectivity index (χ4n) is 1.46. The zero-order valence-electron chi connectivity index (χ0n) is 9.88. The van der Waals surface area contributed by atoms with Crippen molar-refractivity contribution in [3.05, 3.63) is 23.0 Å². The number of rotatable bonds is 5. The summed E-state index contributed by atoms with van der Waals surface area (Å²) in [6.07, 6.45) is -3.74. The molecular weight excluding hydrogens is 249 g/mol. The number of hydrogen-bond donors (Lipinski definition) is 3. The molecule has 0 saturated carbocycles. The Labute approximate surface area is 102 Å². The van der Waals surface area contributed by atoms with E-state index in [2.05, 4.69) is 10.3 Å². The summed E-state index contributed by atoms with van der Waals surface area (Å²) in [5, 5.41) is 21.4. The summed E-state index contributed by atoms with van der Waals surface area (Å²) in [5.74, 6) is -0.0962. The average molecular weight is 264 g/mol. The molecule has 0 aliphatic heterocycles. The Balaban J connectivity index is 2.64. The second-order valence-corrected chi connectivity index (χ2v) is 3.90. The van der Waals surface area contributed by atoms with Crippen molar-refractivity contribution in [3.8, 4) is 5.75 Å². The highest BCUT2D eigenvalue weighted by Crippen LogP contribution is 2.24. The molecule has 0 spiro atoms. The molecule has 7 heteroatoms. The molecular formula is C11H15F3N2O2. The Morgan fingerprint density at radius 3 is 2.61 bits per heavy atom. The van der Waals surface area contributed by atoms with Gasteiger partial charge in [-0.25, -0.2) is 0 Å². The number of aromatic hydroxyl groups is 1. The van der Waals surface area contributed by atoms with Crippen LogP contribution >= 0.6 is 0 Å². The molecule has 0 amide bonds. The summed E-state index contributed by atoms with van der Waals surface area (Å²) in [6.45, 7) is 1.07. The number of pyridine rings is 1. The molecule has 3 N–H and O–H groups in total. The number of aryl methyl sites for hydroxylation is 1. The molecule has 0 fully saturated rings. The molecule has 0 aromatic carbocycles. The summed E-state index contributed by atoms with van der Waals surface area (Å²) in [5.41, 5.74) is 1.16. The smallest absolute Gasteiger partial charge is 0.390 e. The number of alkyl halides is 3. The molecule has 0 bridgehead atoms. The predicted molar refractivity (Wildman–Crippen MR) is 58.9 cm³/mol. The Morgan fingerprint density at radius 1 is 1.39 bits per heavy atom. The molecule has 0 atom stereocenters. The SMILES string of the molecule is Cc1ncc(CO)c(CNCCC(F)(F)F)c1O. The van der Waals surface area contributed by atoms with E-state index < -0.39 is 12.6 Å². The van der Waals surface area contributed by atoms with Gasteiger partial charge in [0.2, 0.25) is 0 Å². The Morgan fingerprint density at radius 2 is 2.06 bits per heavy atom. The molecule has 18 heavy (non-hydrogen) atoms. The van der Waals surface area contributed by atoms with Gasteiger partial charge in [-0.1, -0.05) is 0 Å². The summed E-state index contributed by atoms with van der Waals surface area (Å²) in [6, 6.07) is 0. The van der Waals surface area contributed by atoms with Gasteiger partial charge in [-0.3, -0.25) is 4.98 Å². The van der Waals surface area contributed by atoms with E-state index in [9.17, 15) is 18.3 Å². The molecule has 0 aliphatic carbocycles. The van der Waals surface area contributed by atoms with Crippen LogP contribution in [0.1, 0.15) is 23.2 Å². The largest absolute Gasteiger partial charge is 0.506 e. The fraction of sp³-hybridized carbons (Fsp3) is 0.545. The van der Waals surface area contributed by atoms with Gasteiger partial charge in [-0.05, 0) is 6.92 Å². The van der Waals surface area contributed by atoms with E-state index >= 15 is 0 Å². The number of hydrogen-bond acceptors (Lipinski definition) is 4. The monoisotopic (exact) mass is 264 g/mol. The Bertz CT molecular complexity index is 408. The third-order valence-electron chi connectivity index (χ3n) is 2.49. The van der Waals surface area contributed by atoms with Crippen molar-refractivity contribution in [1.82, 2.24) is 10.3 Å². The normalized spacial score (nSPS) is 11.8. The van der Waals surface area contributed by atoms with Crippen molar-refractivity contribution < 1.29 is 23.4 Å². The van der Waals surface area contributed by atoms with Crippen molar-refractivity contribution in [2.45, 2.75) is 32.7 Å². The van der Waals surface area contributed by atoms with E-state index in [-0.39, 0.29) is 25.4 Å². The van der Waals surface area contributed by atoms with Crippen LogP contribution in [-0.2, 0) is 13.2 Å². The Hall–Kier alpha value is -1.34. The zero-order chi connectivity index (χ0) is 13.8. The molecule has 1 heterocycles. The second kappa shape index (κ2) is 6.01. The maximum Gasteiger partial charge on any atom is 0.390 e. The lowest BCUT2D eigenvalue weighted by Gasteiger charge is -2.13. The molecule has 102 valence electrons. The van der Waals surface area contributed by atoms with Gasteiger partial charge in [0.1, 0.15) is 5.75 Å². The maximum absolute atomic E-state index is 11.9. The van der Waals surface area contributed by atoms with Crippen LogP contribution in [0.3, 0.4) is 0 Å². The quantitative estimate of drug-likeness (QED) is 0.707. The van der Waals surface area contributed by atoms with E-state index in [0.717, 1.165) is 0 Å². The van der Waals surface area contributed by atoms with Gasteiger partial charge in [0, 0.05) is 30.4 Å². The number of nitrogens with zero attached hydrogens (tertiary/aromatic N) is 1. The molecule has 0 radical (unpaired) electrons. The topological polar surface area (TPSA) is 65.4 Å². The van der Waals surface area contributed by atoms with E-state index in [0.29, 0.717) is 16.8 Å². The van der Waals surface area contributed by atoms with Crippen LogP contribution in [0.2, 0.25) is 0 Å². The van der Waals surface area contributed by atoms with Crippen LogP contribution in [0.25, 0.3) is 0 Å². The minimum Gasteiger partial charge on any atom is -0.506 e. The first-order chi connectivity index (χ1) is 8.35. The minimum atomic E-state index is -4.21. The van der Waals surface area contributed by atoms with Gasteiger partial charge in [0.05, 0.1) is 18.7 Å². The highest BCUT2D eigenvalue weighted by molar-refractivity contribution is 5.40. The number of aliphatic hydroxyl groups is 1. The third-order valence-corrected chi connectivity index (χ3v) is 2.49. The van der Waals surface area contributed by atoms with E-state index in [1.54, 1.807) is 6.92 Å². The average Bonchev–Trinajstić information content (AvgIpc) is 2.28. The van der Waals surface area contributed by atoms with E-state index in [1.165, 1.54) is 6.20 Å². The number of nitrogens with one attached hydrogen (secondary N) is 1. The maximum atomic E-state index is 11.9. The van der Waals surface area contributed by atoms with Gasteiger partial charge in [0.25, 0.3) is 0 Å². The second-order valence-electron chi connectivity index (χ2n) is 3.90. The Kier molecular flexibility index (Phi) is 4.92. The van der Waals surface area contributed by atoms with Crippen molar-refractivity contribution in [3.63, 3.8) is 0 Å². The molecule has 1 aromatic rings. The van der Waals surface area contributed by atoms with Crippen molar-refractivity contribution in [1.29, 1.82) is 0 Å². The predicted octanol–water partition coefficient (Wildman–Crippen LogP) is 1.63. The van der Waals surface area contributed by atoms with Gasteiger partial charge in [0.15, 0.2) is 0 Å². The van der Waals surface area contributed by atoms with Crippen LogP contribution < -0.4 is 5.32 Å². The summed E-state index contributed by atoms with van der Waals surface area (Å²) < 4.78 is 35.8. The van der Waals surface area contributed by atoms with Crippen LogP contribution in [0.4, 0.5) is 13.2 Å². The standard InChI is InChI=1S/C11H15F3N2O2/c1-7-10(18)9(8(6-17)4-16-7)5-15-3-2-11(12,13)14/h4,15,17-18H,2-3,5-6H2,1H3. The van der Waals surface area contributed by atoms with Gasteiger partial charge >= 0.3 is 6.18 Å². The van der Waals surface area contributed by atoms with Crippen LogP contribution in [0.15, 0.2) is 6.20 Å². The van der Waals surface area contributed by atoms with Crippen molar-refractivity contribution in [2.24, 2.45) is 0 Å². The lowest BCUT2D eigenvalue weighted by molar-refractivity contribution is -0.133. The molecule has 0 saturated heterocycles. The summed E-state index contributed by atoms with van der Waals surface area (Å²) in [7, 11) is 0. The van der Waals surface area contributed by atoms with Crippen LogP contribution in [0.5, 0.6) is 5.75 Å². The summed E-state index contributed by atoms with van der Waals surface area (Å²) >= 11 is 0. The van der Waals surface area contributed by atoms with Gasteiger partial charge < -0.3 is 15.5 Å². The van der Waals surface area contributed by atoms with Crippen molar-refractivity contribution in [2.75, 3.05) is 6.54 Å². The van der Waals surface area contributed by atoms with Crippen molar-refractivity contribution >= 4 is 0 Å². The number of aromatic nitrogens is 1. The lowest BCUT2D eigenvalue weighted by atomic mass is 10.1. The third kappa shape index (κ3) is 4.15. The van der Waals surface area contributed by atoms with Gasteiger partial charge in [-0.2, -0.15) is 13.2 Å². The van der Waals surface area contributed by atoms with E-state index in [4.69, 9.17) is 5.11 Å². The fourth-order valence-corrected chi connectivity index (χ4v) is 1.46. The van der Waals surface area contributed by atoms with E-state index in [1.807, 2.05) is 0 Å². The highest BCUT2D eigenvalue weighted by atomic mass is 19.4. The minimum absolute atomic E-state index is 0.0567. The first kappa shape index (κ1) is 14.7. The molecule has 0 aliphatic rings. The molecule has 1 aromatic heterocycles. The molecule has 4 nitrogen and oxygen atoms in total. The van der Waals surface area contributed by atoms with Gasteiger partial charge in [-0.15, -0.1) is 0 Å². The lowest BCUT2D eigenvalue weighted by Crippen LogP contribution is -2.22. The first-order valence-electron chi connectivity index (χ1n) is 5.40. The van der Waals surface area contributed by atoms with Crippen LogP contribution in [-0.4, -0.2) is 27.9 Å². The highest BCUT2D eigenvalue weighted by Gasteiger charge is 2.26. The van der Waals surface area contributed by atoms with Crippen LogP contribution in [0, 0.1) is 6.92 Å². The summed E-state index contributed by atoms with van der Waals surface area (Å²) in [4.78, 5) is 3.86. The number of halogens is 3.